The van der Waals surface area contributed by atoms with Gasteiger partial charge in [-0.15, -0.1) is 11.3 Å². The number of aromatic nitrogens is 2. The number of anilines is 1. The molecule has 0 spiro atoms. The first-order chi connectivity index (χ1) is 12.6. The van der Waals surface area contributed by atoms with Crippen LogP contribution in [0.2, 0.25) is 0 Å². The van der Waals surface area contributed by atoms with E-state index in [0.29, 0.717) is 5.69 Å². The molecule has 4 rings (SSSR count). The van der Waals surface area contributed by atoms with Crippen LogP contribution < -0.4 is 5.32 Å². The van der Waals surface area contributed by atoms with Gasteiger partial charge in [0.1, 0.15) is 0 Å². The summed E-state index contributed by atoms with van der Waals surface area (Å²) >= 11 is 1.56. The lowest BCUT2D eigenvalue weighted by atomic mass is 10.1. The Bertz CT molecular complexity index is 1090. The zero-order chi connectivity index (χ0) is 18.1. The number of carbonyl (C=O) groups is 1. The summed E-state index contributed by atoms with van der Waals surface area (Å²) < 4.78 is 1.96. The molecule has 26 heavy (non-hydrogen) atoms. The second kappa shape index (κ2) is 6.41. The second-order valence-electron chi connectivity index (χ2n) is 5.56. The molecule has 4 aromatic rings. The Morgan fingerprint density at radius 2 is 2.00 bits per heavy atom. The number of carbonyl (C=O) groups excluding carboxylic acids is 1. The Balaban J connectivity index is 1.52. The molecule has 0 bridgehead atoms. The minimum atomic E-state index is -0.527. The number of amides is 1. The number of hydrogen-bond acceptors (Lipinski definition) is 5. The molecule has 0 atom stereocenters. The molecule has 0 aliphatic rings. The molecule has 0 radical (unpaired) electrons. The van der Waals surface area contributed by atoms with Crippen LogP contribution >= 0.6 is 11.3 Å². The van der Waals surface area contributed by atoms with Crippen LogP contribution in [0.15, 0.2) is 66.3 Å². The largest absolute Gasteiger partial charge is 0.322 e. The summed E-state index contributed by atoms with van der Waals surface area (Å²) in [6.45, 7) is 0. The van der Waals surface area contributed by atoms with Gasteiger partial charge in [0.05, 0.1) is 10.6 Å². The van der Waals surface area contributed by atoms with Crippen molar-refractivity contribution in [2.24, 2.45) is 0 Å². The van der Waals surface area contributed by atoms with Gasteiger partial charge in [-0.1, -0.05) is 18.2 Å². The fourth-order valence-electron chi connectivity index (χ4n) is 2.55. The highest BCUT2D eigenvalue weighted by atomic mass is 32.1. The van der Waals surface area contributed by atoms with Gasteiger partial charge < -0.3 is 5.32 Å². The van der Waals surface area contributed by atoms with Crippen LogP contribution in [0.3, 0.4) is 0 Å². The first-order valence-corrected chi connectivity index (χ1v) is 8.56. The van der Waals surface area contributed by atoms with Gasteiger partial charge in [0.15, 0.2) is 4.96 Å². The van der Waals surface area contributed by atoms with Crippen molar-refractivity contribution in [3.8, 4) is 11.3 Å². The van der Waals surface area contributed by atoms with Crippen molar-refractivity contribution in [2.45, 2.75) is 0 Å². The van der Waals surface area contributed by atoms with Crippen molar-refractivity contribution >= 4 is 33.6 Å². The third-order valence-corrected chi connectivity index (χ3v) is 4.62. The van der Waals surface area contributed by atoms with Crippen LogP contribution in [0.25, 0.3) is 16.2 Å². The maximum absolute atomic E-state index is 12.3. The third kappa shape index (κ3) is 3.05. The van der Waals surface area contributed by atoms with E-state index in [4.69, 9.17) is 0 Å². The number of imidazole rings is 1. The predicted molar refractivity (Wildman–Crippen MR) is 99.6 cm³/mol. The number of nitrogens with zero attached hydrogens (tertiary/aromatic N) is 3. The molecule has 2 aromatic carbocycles. The summed E-state index contributed by atoms with van der Waals surface area (Å²) in [5.74, 6) is -0.399. The highest BCUT2D eigenvalue weighted by molar-refractivity contribution is 7.15. The zero-order valence-corrected chi connectivity index (χ0v) is 14.1. The zero-order valence-electron chi connectivity index (χ0n) is 13.3. The molecule has 0 fully saturated rings. The van der Waals surface area contributed by atoms with E-state index in [1.54, 1.807) is 23.5 Å². The van der Waals surface area contributed by atoms with Gasteiger partial charge in [-0.2, -0.15) is 0 Å². The van der Waals surface area contributed by atoms with Crippen molar-refractivity contribution in [1.29, 1.82) is 0 Å². The van der Waals surface area contributed by atoms with E-state index in [9.17, 15) is 14.9 Å². The first-order valence-electron chi connectivity index (χ1n) is 7.68. The minimum Gasteiger partial charge on any atom is -0.322 e. The molecular formula is C18H12N4O3S. The highest BCUT2D eigenvalue weighted by Gasteiger charge is 2.12. The molecule has 0 saturated carbocycles. The number of nitro benzene ring substituents is 1. The Morgan fingerprint density at radius 1 is 1.19 bits per heavy atom. The van der Waals surface area contributed by atoms with E-state index in [0.717, 1.165) is 16.2 Å². The van der Waals surface area contributed by atoms with Crippen molar-refractivity contribution in [3.63, 3.8) is 0 Å². The summed E-state index contributed by atoms with van der Waals surface area (Å²) in [7, 11) is 0. The number of nitrogens with one attached hydrogen (secondary N) is 1. The van der Waals surface area contributed by atoms with Crippen LogP contribution in [0.5, 0.6) is 0 Å². The highest BCUT2D eigenvalue weighted by Crippen LogP contribution is 2.23. The quantitative estimate of drug-likeness (QED) is 0.433. The fourth-order valence-corrected chi connectivity index (χ4v) is 3.25. The van der Waals surface area contributed by atoms with E-state index in [-0.39, 0.29) is 11.3 Å². The van der Waals surface area contributed by atoms with Crippen LogP contribution in [0.4, 0.5) is 11.4 Å². The van der Waals surface area contributed by atoms with Gasteiger partial charge in [-0.25, -0.2) is 4.98 Å². The van der Waals surface area contributed by atoms with Crippen LogP contribution in [0.1, 0.15) is 10.4 Å². The standard InChI is InChI=1S/C18H12N4O3S/c23-17(13-2-1-3-15(10-13)22(24)25)19-14-6-4-12(5-7-14)16-11-21-8-9-26-18(21)20-16/h1-11H,(H,19,23). The lowest BCUT2D eigenvalue weighted by molar-refractivity contribution is -0.384. The molecule has 1 amide bonds. The Morgan fingerprint density at radius 3 is 2.73 bits per heavy atom. The van der Waals surface area contributed by atoms with Crippen molar-refractivity contribution in [2.75, 3.05) is 5.32 Å². The Labute approximate surface area is 151 Å². The summed E-state index contributed by atoms with van der Waals surface area (Å²) in [6, 6.07) is 12.9. The van der Waals surface area contributed by atoms with E-state index in [1.165, 1.54) is 24.3 Å². The molecule has 7 nitrogen and oxygen atoms in total. The summed E-state index contributed by atoms with van der Waals surface area (Å²) in [5.41, 5.74) is 2.51. The first kappa shape index (κ1) is 16.0. The molecule has 0 saturated heterocycles. The number of fused-ring (bicyclic) bond motifs is 1. The molecular weight excluding hydrogens is 352 g/mol. The lowest BCUT2D eigenvalue weighted by Gasteiger charge is -2.06. The maximum atomic E-state index is 12.3. The maximum Gasteiger partial charge on any atom is 0.270 e. The van der Waals surface area contributed by atoms with E-state index >= 15 is 0 Å². The van der Waals surface area contributed by atoms with Crippen molar-refractivity contribution in [1.82, 2.24) is 9.38 Å². The fraction of sp³-hybridized carbons (Fsp3) is 0. The number of nitro groups is 1. The molecule has 1 N–H and O–H groups in total. The lowest BCUT2D eigenvalue weighted by Crippen LogP contribution is -2.11. The minimum absolute atomic E-state index is 0.118. The second-order valence-corrected chi connectivity index (χ2v) is 6.43. The number of benzene rings is 2. The summed E-state index contributed by atoms with van der Waals surface area (Å²) in [5, 5.41) is 15.5. The molecule has 0 unspecified atom stereocenters. The van der Waals surface area contributed by atoms with Crippen molar-refractivity contribution < 1.29 is 9.72 Å². The summed E-state index contributed by atoms with van der Waals surface area (Å²) in [4.78, 5) is 28.0. The van der Waals surface area contributed by atoms with Crippen LogP contribution in [-0.2, 0) is 0 Å². The Hall–Kier alpha value is -3.52. The molecule has 128 valence electrons. The molecule has 2 aromatic heterocycles. The number of thiazole rings is 1. The van der Waals surface area contributed by atoms with Crippen LogP contribution in [0, 0.1) is 10.1 Å². The monoisotopic (exact) mass is 364 g/mol. The van der Waals surface area contributed by atoms with E-state index in [2.05, 4.69) is 10.3 Å². The average molecular weight is 364 g/mol. The predicted octanol–water partition coefficient (Wildman–Crippen LogP) is 4.22. The number of rotatable bonds is 4. The SMILES string of the molecule is O=C(Nc1ccc(-c2cn3ccsc3n2)cc1)c1cccc([N+](=O)[O-])c1. The summed E-state index contributed by atoms with van der Waals surface area (Å²) in [6.07, 6.45) is 3.90. The van der Waals surface area contributed by atoms with Gasteiger partial charge in [0.2, 0.25) is 0 Å². The van der Waals surface area contributed by atoms with Gasteiger partial charge in [-0.05, 0) is 18.2 Å². The van der Waals surface area contributed by atoms with Gasteiger partial charge in [0.25, 0.3) is 11.6 Å². The number of hydrogen-bond donors (Lipinski definition) is 1. The van der Waals surface area contributed by atoms with E-state index in [1.807, 2.05) is 34.3 Å². The van der Waals surface area contributed by atoms with Gasteiger partial charge in [0, 0.05) is 46.7 Å². The Kier molecular flexibility index (Phi) is 3.94. The molecule has 8 heteroatoms. The van der Waals surface area contributed by atoms with E-state index < -0.39 is 10.8 Å². The average Bonchev–Trinajstić information content (AvgIpc) is 3.24. The smallest absolute Gasteiger partial charge is 0.270 e. The molecule has 2 heterocycles. The normalized spacial score (nSPS) is 10.8. The molecule has 0 aliphatic heterocycles. The van der Waals surface area contributed by atoms with Crippen molar-refractivity contribution in [3.05, 3.63) is 82.0 Å². The topological polar surface area (TPSA) is 89.5 Å². The van der Waals surface area contributed by atoms with Gasteiger partial charge >= 0.3 is 0 Å². The van der Waals surface area contributed by atoms with Gasteiger partial charge in [-0.3, -0.25) is 19.3 Å². The molecule has 0 aliphatic carbocycles. The third-order valence-electron chi connectivity index (χ3n) is 3.85. The number of non-ortho nitro benzene ring substituents is 1. The van der Waals surface area contributed by atoms with Crippen LogP contribution in [-0.4, -0.2) is 20.2 Å².